The summed E-state index contributed by atoms with van der Waals surface area (Å²) in [5.41, 5.74) is 0. The van der Waals surface area contributed by atoms with E-state index in [2.05, 4.69) is 37.6 Å². The van der Waals surface area contributed by atoms with Crippen molar-refractivity contribution >= 4 is 0 Å². The zero-order valence-electron chi connectivity index (χ0n) is 9.84. The third-order valence-electron chi connectivity index (χ3n) is 2.39. The van der Waals surface area contributed by atoms with Crippen LogP contribution in [0.2, 0.25) is 0 Å². The number of hydrogen-bond acceptors (Lipinski definition) is 2. The predicted octanol–water partition coefficient (Wildman–Crippen LogP) is 2.06. The highest BCUT2D eigenvalue weighted by atomic mass is 15.2. The van der Waals surface area contributed by atoms with Gasteiger partial charge < -0.3 is 9.80 Å². The van der Waals surface area contributed by atoms with E-state index in [1.165, 1.54) is 45.6 Å². The van der Waals surface area contributed by atoms with Crippen LogP contribution in [0.4, 0.5) is 0 Å². The lowest BCUT2D eigenvalue weighted by molar-refractivity contribution is 0.233. The van der Waals surface area contributed by atoms with Gasteiger partial charge in [-0.05, 0) is 39.5 Å². The smallest absolute Gasteiger partial charge is 0.0109 e. The molecule has 2 nitrogen and oxygen atoms in total. The highest BCUT2D eigenvalue weighted by Gasteiger charge is 2.02. The van der Waals surface area contributed by atoms with Gasteiger partial charge in [-0.1, -0.05) is 20.8 Å². The summed E-state index contributed by atoms with van der Waals surface area (Å²) in [7, 11) is 2.21. The minimum atomic E-state index is 1.19. The zero-order valence-corrected chi connectivity index (χ0v) is 9.84. The van der Waals surface area contributed by atoms with Crippen molar-refractivity contribution < 1.29 is 0 Å². The summed E-state index contributed by atoms with van der Waals surface area (Å²) in [5.74, 6) is 0. The SMILES string of the molecule is CCCN(C)CCN(CC)CCC. The number of rotatable bonds is 8. The summed E-state index contributed by atoms with van der Waals surface area (Å²) in [5, 5.41) is 0. The lowest BCUT2D eigenvalue weighted by Crippen LogP contribution is -2.33. The van der Waals surface area contributed by atoms with E-state index in [1.54, 1.807) is 0 Å². The Bertz CT molecular complexity index is 104. The Morgan fingerprint density at radius 3 is 1.85 bits per heavy atom. The molecule has 0 aromatic rings. The predicted molar refractivity (Wildman–Crippen MR) is 60.2 cm³/mol. The largest absolute Gasteiger partial charge is 0.305 e. The Hall–Kier alpha value is -0.0800. The van der Waals surface area contributed by atoms with Crippen LogP contribution in [-0.4, -0.2) is 49.6 Å². The zero-order chi connectivity index (χ0) is 10.1. The molecular formula is C11H26N2. The molecule has 80 valence electrons. The molecule has 0 aliphatic rings. The second-order valence-electron chi connectivity index (χ2n) is 3.74. The van der Waals surface area contributed by atoms with E-state index in [4.69, 9.17) is 0 Å². The standard InChI is InChI=1S/C11H26N2/c1-5-8-12(4)10-11-13(7-3)9-6-2/h5-11H2,1-4H3. The minimum absolute atomic E-state index is 1.19. The molecular weight excluding hydrogens is 160 g/mol. The summed E-state index contributed by atoms with van der Waals surface area (Å²) in [4.78, 5) is 4.94. The second-order valence-corrected chi connectivity index (χ2v) is 3.74. The maximum Gasteiger partial charge on any atom is 0.0109 e. The number of hydrogen-bond donors (Lipinski definition) is 0. The lowest BCUT2D eigenvalue weighted by Gasteiger charge is -2.23. The van der Waals surface area contributed by atoms with Gasteiger partial charge in [0.05, 0.1) is 0 Å². The molecule has 0 aliphatic carbocycles. The van der Waals surface area contributed by atoms with Crippen LogP contribution in [0.25, 0.3) is 0 Å². The maximum atomic E-state index is 2.52. The molecule has 0 N–H and O–H groups in total. The van der Waals surface area contributed by atoms with Gasteiger partial charge in [-0.25, -0.2) is 0 Å². The van der Waals surface area contributed by atoms with Crippen molar-refractivity contribution in [3.63, 3.8) is 0 Å². The lowest BCUT2D eigenvalue weighted by atomic mass is 10.3. The molecule has 0 aromatic heterocycles. The van der Waals surface area contributed by atoms with E-state index in [-0.39, 0.29) is 0 Å². The summed E-state index contributed by atoms with van der Waals surface area (Å²) in [6.07, 6.45) is 2.53. The van der Waals surface area contributed by atoms with Gasteiger partial charge in [0.2, 0.25) is 0 Å². The molecule has 0 bridgehead atoms. The Kier molecular flexibility index (Phi) is 8.46. The molecule has 0 radical (unpaired) electrons. The van der Waals surface area contributed by atoms with Crippen LogP contribution in [0.15, 0.2) is 0 Å². The van der Waals surface area contributed by atoms with E-state index >= 15 is 0 Å². The number of likely N-dealkylation sites (N-methyl/N-ethyl adjacent to an activating group) is 2. The fourth-order valence-corrected chi connectivity index (χ4v) is 1.55. The Morgan fingerprint density at radius 2 is 1.38 bits per heavy atom. The van der Waals surface area contributed by atoms with Crippen molar-refractivity contribution in [1.82, 2.24) is 9.80 Å². The molecule has 0 heterocycles. The quantitative estimate of drug-likeness (QED) is 0.572. The van der Waals surface area contributed by atoms with Gasteiger partial charge in [-0.15, -0.1) is 0 Å². The van der Waals surface area contributed by atoms with Crippen molar-refractivity contribution in [3.05, 3.63) is 0 Å². The van der Waals surface area contributed by atoms with Crippen LogP contribution in [0.5, 0.6) is 0 Å². The van der Waals surface area contributed by atoms with Gasteiger partial charge >= 0.3 is 0 Å². The molecule has 0 rings (SSSR count). The Labute approximate surface area is 83.9 Å². The molecule has 0 spiro atoms. The molecule has 13 heavy (non-hydrogen) atoms. The van der Waals surface area contributed by atoms with Crippen LogP contribution >= 0.6 is 0 Å². The van der Waals surface area contributed by atoms with Gasteiger partial charge in [0.25, 0.3) is 0 Å². The van der Waals surface area contributed by atoms with Crippen LogP contribution in [0.1, 0.15) is 33.6 Å². The van der Waals surface area contributed by atoms with Crippen LogP contribution in [0.3, 0.4) is 0 Å². The highest BCUT2D eigenvalue weighted by Crippen LogP contribution is 1.93. The maximum absolute atomic E-state index is 2.52. The fraction of sp³-hybridized carbons (Fsp3) is 1.00. The molecule has 0 aliphatic heterocycles. The summed E-state index contributed by atoms with van der Waals surface area (Å²) in [6, 6.07) is 0. The monoisotopic (exact) mass is 186 g/mol. The molecule has 0 atom stereocenters. The first-order valence-corrected chi connectivity index (χ1v) is 5.65. The van der Waals surface area contributed by atoms with Crippen molar-refractivity contribution in [2.45, 2.75) is 33.6 Å². The summed E-state index contributed by atoms with van der Waals surface area (Å²) < 4.78 is 0. The fourth-order valence-electron chi connectivity index (χ4n) is 1.55. The first kappa shape index (κ1) is 12.9. The summed E-state index contributed by atoms with van der Waals surface area (Å²) in [6.45, 7) is 12.8. The van der Waals surface area contributed by atoms with Crippen LogP contribution < -0.4 is 0 Å². The van der Waals surface area contributed by atoms with Crippen molar-refractivity contribution in [2.24, 2.45) is 0 Å². The van der Waals surface area contributed by atoms with Gasteiger partial charge in [0, 0.05) is 13.1 Å². The van der Waals surface area contributed by atoms with Crippen LogP contribution in [-0.2, 0) is 0 Å². The van der Waals surface area contributed by atoms with Gasteiger partial charge in [-0.3, -0.25) is 0 Å². The first-order chi connectivity index (χ1) is 6.24. The van der Waals surface area contributed by atoms with E-state index < -0.39 is 0 Å². The van der Waals surface area contributed by atoms with E-state index in [1.807, 2.05) is 0 Å². The van der Waals surface area contributed by atoms with E-state index in [9.17, 15) is 0 Å². The molecule has 0 saturated carbocycles. The second kappa shape index (κ2) is 8.52. The van der Waals surface area contributed by atoms with Crippen molar-refractivity contribution in [3.8, 4) is 0 Å². The first-order valence-electron chi connectivity index (χ1n) is 5.65. The van der Waals surface area contributed by atoms with Crippen molar-refractivity contribution in [1.29, 1.82) is 0 Å². The molecule has 0 saturated heterocycles. The molecule has 0 amide bonds. The minimum Gasteiger partial charge on any atom is -0.305 e. The van der Waals surface area contributed by atoms with E-state index in [0.29, 0.717) is 0 Å². The van der Waals surface area contributed by atoms with Gasteiger partial charge in [-0.2, -0.15) is 0 Å². The normalized spacial score (nSPS) is 11.5. The third-order valence-corrected chi connectivity index (χ3v) is 2.39. The topological polar surface area (TPSA) is 6.48 Å². The van der Waals surface area contributed by atoms with Gasteiger partial charge in [0.15, 0.2) is 0 Å². The average molecular weight is 186 g/mol. The Balaban J connectivity index is 3.46. The molecule has 0 aromatic carbocycles. The van der Waals surface area contributed by atoms with Crippen molar-refractivity contribution in [2.75, 3.05) is 39.8 Å². The highest BCUT2D eigenvalue weighted by molar-refractivity contribution is 4.58. The number of nitrogens with zero attached hydrogens (tertiary/aromatic N) is 2. The summed E-state index contributed by atoms with van der Waals surface area (Å²) >= 11 is 0. The average Bonchev–Trinajstić information content (AvgIpc) is 2.12. The van der Waals surface area contributed by atoms with Gasteiger partial charge in [0.1, 0.15) is 0 Å². The van der Waals surface area contributed by atoms with E-state index in [0.717, 1.165) is 0 Å². The molecule has 0 unspecified atom stereocenters. The third kappa shape index (κ3) is 7.03. The Morgan fingerprint density at radius 1 is 0.769 bits per heavy atom. The molecule has 0 fully saturated rings. The molecule has 2 heteroatoms. The van der Waals surface area contributed by atoms with Crippen LogP contribution in [0, 0.1) is 0 Å².